The lowest BCUT2D eigenvalue weighted by Crippen LogP contribution is -2.56. The Kier molecular flexibility index (Phi) is 8.53. The molecule has 9 nitrogen and oxygen atoms in total. The van der Waals surface area contributed by atoms with Crippen LogP contribution in [0, 0.1) is 29.3 Å². The van der Waals surface area contributed by atoms with Gasteiger partial charge in [-0.15, -0.1) is 0 Å². The van der Waals surface area contributed by atoms with Crippen LogP contribution >= 0.6 is 11.6 Å². The zero-order chi connectivity index (χ0) is 29.6. The minimum atomic E-state index is -4.13. The van der Waals surface area contributed by atoms with Crippen molar-refractivity contribution in [2.75, 3.05) is 11.9 Å². The van der Waals surface area contributed by atoms with Crippen LogP contribution in [0.2, 0.25) is 5.02 Å². The van der Waals surface area contributed by atoms with Crippen LogP contribution in [0.25, 0.3) is 0 Å². The lowest BCUT2D eigenvalue weighted by Gasteiger charge is -2.42. The number of carbonyl (C=O) groups is 2. The smallest absolute Gasteiger partial charge is 0.255 e. The first-order chi connectivity index (χ1) is 18.6. The number of sulfone groups is 1. The van der Waals surface area contributed by atoms with E-state index in [1.807, 2.05) is 0 Å². The van der Waals surface area contributed by atoms with E-state index in [4.69, 9.17) is 11.6 Å². The molecule has 2 saturated carbocycles. The van der Waals surface area contributed by atoms with Crippen LogP contribution in [0.4, 0.5) is 18.9 Å². The Bertz CT molecular complexity index is 1400. The molecule has 14 heteroatoms. The van der Waals surface area contributed by atoms with E-state index in [9.17, 15) is 46.5 Å². The topological polar surface area (TPSA) is 153 Å². The molecule has 0 saturated heterocycles. The number of carbonyl (C=O) groups excluding carboxylic acids is 2. The fourth-order valence-corrected chi connectivity index (χ4v) is 7.98. The van der Waals surface area contributed by atoms with Gasteiger partial charge in [0.25, 0.3) is 11.8 Å². The first-order valence-electron chi connectivity index (χ1n) is 12.5. The number of aliphatic hydroxyl groups is 3. The first kappa shape index (κ1) is 30.3. The monoisotopic (exact) mass is 604 g/mol. The molecule has 2 aliphatic carbocycles. The lowest BCUT2D eigenvalue weighted by atomic mass is 9.74. The largest absolute Gasteiger partial charge is 0.390 e. The van der Waals surface area contributed by atoms with E-state index >= 15 is 0 Å². The average Bonchev–Trinajstić information content (AvgIpc) is 3.05. The Morgan fingerprint density at radius 2 is 1.65 bits per heavy atom. The van der Waals surface area contributed by atoms with Crippen LogP contribution in [0.3, 0.4) is 0 Å². The van der Waals surface area contributed by atoms with Gasteiger partial charge in [-0.3, -0.25) is 9.59 Å². The molecule has 40 heavy (non-hydrogen) atoms. The van der Waals surface area contributed by atoms with Crippen molar-refractivity contribution < 1.29 is 46.5 Å². The zero-order valence-electron chi connectivity index (χ0n) is 21.2. The van der Waals surface area contributed by atoms with Gasteiger partial charge >= 0.3 is 0 Å². The second-order valence-corrected chi connectivity index (χ2v) is 13.0. The van der Waals surface area contributed by atoms with Crippen molar-refractivity contribution in [1.82, 2.24) is 5.32 Å². The van der Waals surface area contributed by atoms with Crippen LogP contribution in [-0.4, -0.2) is 65.2 Å². The molecular weight excluding hydrogens is 577 g/mol. The minimum absolute atomic E-state index is 0.0467. The highest BCUT2D eigenvalue weighted by Gasteiger charge is 2.55. The molecule has 2 fully saturated rings. The SMILES string of the molecule is C[C@@H](O)[C@H](O)C(=O)NCC1(O)C2CC[C@H]1CC(S(=O)(=O)c1cc(C(=O)Nc3cc(F)c(F)c(F)c3)ccc1Cl)C2. The number of fused-ring (bicyclic) bond motifs is 2. The molecule has 0 heterocycles. The Morgan fingerprint density at radius 3 is 2.20 bits per heavy atom. The molecule has 2 aromatic carbocycles. The minimum Gasteiger partial charge on any atom is -0.390 e. The third-order valence-corrected chi connectivity index (χ3v) is 10.5. The zero-order valence-corrected chi connectivity index (χ0v) is 22.8. The molecule has 0 aromatic heterocycles. The van der Waals surface area contributed by atoms with Crippen molar-refractivity contribution in [2.24, 2.45) is 11.8 Å². The summed E-state index contributed by atoms with van der Waals surface area (Å²) >= 11 is 6.22. The molecule has 0 radical (unpaired) electrons. The molecule has 3 unspecified atom stereocenters. The molecule has 218 valence electrons. The van der Waals surface area contributed by atoms with E-state index in [2.05, 4.69) is 10.6 Å². The van der Waals surface area contributed by atoms with E-state index in [0.29, 0.717) is 25.0 Å². The van der Waals surface area contributed by atoms with E-state index < -0.39 is 74.0 Å². The maximum Gasteiger partial charge on any atom is 0.255 e. The molecule has 0 aliphatic heterocycles. The summed E-state index contributed by atoms with van der Waals surface area (Å²) in [6.07, 6.45) is -1.89. The summed E-state index contributed by atoms with van der Waals surface area (Å²) in [6, 6.07) is 4.63. The molecule has 0 spiro atoms. The van der Waals surface area contributed by atoms with Crippen molar-refractivity contribution in [2.45, 2.75) is 60.6 Å². The number of rotatable bonds is 8. The molecule has 2 bridgehead atoms. The fourth-order valence-electron chi connectivity index (χ4n) is 5.58. The first-order valence-corrected chi connectivity index (χ1v) is 14.4. The van der Waals surface area contributed by atoms with Gasteiger partial charge < -0.3 is 26.0 Å². The Hall–Kier alpha value is -2.71. The van der Waals surface area contributed by atoms with Crippen molar-refractivity contribution >= 4 is 38.9 Å². The maximum absolute atomic E-state index is 13.7. The van der Waals surface area contributed by atoms with Crippen LogP contribution in [0.15, 0.2) is 35.2 Å². The molecular formula is C26H28ClF3N2O7S. The Balaban J connectivity index is 1.51. The summed E-state index contributed by atoms with van der Waals surface area (Å²) in [5, 5.41) is 34.0. The molecule has 2 aromatic rings. The van der Waals surface area contributed by atoms with Gasteiger partial charge in [0, 0.05) is 29.9 Å². The van der Waals surface area contributed by atoms with Gasteiger partial charge in [-0.1, -0.05) is 11.6 Å². The number of halogens is 4. The van der Waals surface area contributed by atoms with Gasteiger partial charge in [-0.25, -0.2) is 21.6 Å². The van der Waals surface area contributed by atoms with E-state index in [1.54, 1.807) is 0 Å². The van der Waals surface area contributed by atoms with Crippen molar-refractivity contribution in [1.29, 1.82) is 0 Å². The van der Waals surface area contributed by atoms with E-state index in [-0.39, 0.29) is 40.6 Å². The number of nitrogens with one attached hydrogen (secondary N) is 2. The third kappa shape index (κ3) is 5.70. The third-order valence-electron chi connectivity index (χ3n) is 7.82. The summed E-state index contributed by atoms with van der Waals surface area (Å²) in [5.41, 5.74) is -1.97. The van der Waals surface area contributed by atoms with E-state index in [1.165, 1.54) is 19.1 Å². The molecule has 6 atom stereocenters. The van der Waals surface area contributed by atoms with Crippen LogP contribution in [-0.2, 0) is 14.6 Å². The van der Waals surface area contributed by atoms with Gasteiger partial charge in [0.1, 0.15) is 0 Å². The normalized spacial score (nSPS) is 25.8. The predicted molar refractivity (Wildman–Crippen MR) is 138 cm³/mol. The Labute approximate surface area is 233 Å². The number of amides is 2. The molecule has 2 amide bonds. The molecule has 2 aliphatic rings. The van der Waals surface area contributed by atoms with Crippen molar-refractivity contribution in [3.63, 3.8) is 0 Å². The van der Waals surface area contributed by atoms with E-state index in [0.717, 1.165) is 6.07 Å². The van der Waals surface area contributed by atoms with Crippen LogP contribution in [0.5, 0.6) is 0 Å². The standard InChI is InChI=1S/C26H28ClF3N2O7S/c1-12(33)23(34)25(36)31-11-26(37)14-3-4-15(26)8-17(7-14)40(38,39)21-6-13(2-5-18(21)27)24(35)32-16-9-19(28)22(30)20(29)10-16/h2,5-6,9-10,12,14-15,17,23,33-34,37H,3-4,7-8,11H2,1H3,(H,31,36)(H,32,35)/t12-,14+,15?,17?,23+,26?/m1/s1. The summed E-state index contributed by atoms with van der Waals surface area (Å²) in [5.74, 6) is -7.49. The highest BCUT2D eigenvalue weighted by atomic mass is 35.5. The summed E-state index contributed by atoms with van der Waals surface area (Å²) < 4.78 is 67.6. The second kappa shape index (κ2) is 11.3. The van der Waals surface area contributed by atoms with Crippen LogP contribution in [0.1, 0.15) is 43.0 Å². The predicted octanol–water partition coefficient (Wildman–Crippen LogP) is 2.56. The number of hydrogen-bond donors (Lipinski definition) is 5. The van der Waals surface area contributed by atoms with Gasteiger partial charge in [0.15, 0.2) is 33.4 Å². The number of hydrogen-bond acceptors (Lipinski definition) is 7. The second-order valence-electron chi connectivity index (χ2n) is 10.4. The van der Waals surface area contributed by atoms with Gasteiger partial charge in [-0.2, -0.15) is 0 Å². The van der Waals surface area contributed by atoms with Gasteiger partial charge in [0.2, 0.25) is 0 Å². The summed E-state index contributed by atoms with van der Waals surface area (Å²) in [4.78, 5) is 24.5. The lowest BCUT2D eigenvalue weighted by molar-refractivity contribution is -0.137. The molecule has 5 N–H and O–H groups in total. The number of benzene rings is 2. The highest BCUT2D eigenvalue weighted by molar-refractivity contribution is 7.92. The maximum atomic E-state index is 13.7. The number of aliphatic hydroxyl groups excluding tert-OH is 2. The average molecular weight is 605 g/mol. The summed E-state index contributed by atoms with van der Waals surface area (Å²) in [7, 11) is -4.13. The van der Waals surface area contributed by atoms with Crippen LogP contribution < -0.4 is 10.6 Å². The fraction of sp³-hybridized carbons (Fsp3) is 0.462. The quantitative estimate of drug-likeness (QED) is 0.290. The van der Waals surface area contributed by atoms with Gasteiger partial charge in [-0.05, 0) is 62.6 Å². The number of anilines is 1. The van der Waals surface area contributed by atoms with Crippen molar-refractivity contribution in [3.8, 4) is 0 Å². The summed E-state index contributed by atoms with van der Waals surface area (Å²) in [6.45, 7) is 1.02. The Morgan fingerprint density at radius 1 is 1.07 bits per heavy atom. The van der Waals surface area contributed by atoms with Gasteiger partial charge in [0.05, 0.1) is 26.9 Å². The van der Waals surface area contributed by atoms with Crippen molar-refractivity contribution in [3.05, 3.63) is 58.4 Å². The highest BCUT2D eigenvalue weighted by Crippen LogP contribution is 2.52. The molecule has 4 rings (SSSR count).